The first-order valence-corrected chi connectivity index (χ1v) is 9.61. The summed E-state index contributed by atoms with van der Waals surface area (Å²) in [5, 5.41) is 7.36. The largest absolute Gasteiger partial charge is 0.356 e. The Hall–Kier alpha value is -0.460. The number of sulfonamides is 1. The van der Waals surface area contributed by atoms with Crippen molar-refractivity contribution >= 4 is 51.3 Å². The van der Waals surface area contributed by atoms with Crippen molar-refractivity contribution in [3.8, 4) is 0 Å². The molecule has 2 N–H and O–H groups in total. The summed E-state index contributed by atoms with van der Waals surface area (Å²) in [6, 6.07) is 0. The summed E-state index contributed by atoms with van der Waals surface area (Å²) in [6.45, 7) is 5.44. The minimum atomic E-state index is -3.10. The van der Waals surface area contributed by atoms with Crippen LogP contribution in [0.4, 0.5) is 0 Å². The van der Waals surface area contributed by atoms with E-state index in [9.17, 15) is 8.42 Å². The molecule has 23 heavy (non-hydrogen) atoms. The summed E-state index contributed by atoms with van der Waals surface area (Å²) in [5.41, 5.74) is 0. The normalized spacial score (nSPS) is 12.1. The van der Waals surface area contributed by atoms with Crippen molar-refractivity contribution in [3.05, 3.63) is 16.1 Å². The smallest absolute Gasteiger partial charge is 0.213 e. The third kappa shape index (κ3) is 8.27. The molecule has 0 bridgehead atoms. The van der Waals surface area contributed by atoms with Crippen molar-refractivity contribution in [2.24, 2.45) is 4.99 Å². The number of halogens is 1. The number of hydrogen-bond donors (Lipinski definition) is 2. The molecule has 0 radical (unpaired) electrons. The summed E-state index contributed by atoms with van der Waals surface area (Å²) in [7, 11) is 0.217. The molecule has 0 aliphatic carbocycles. The maximum atomic E-state index is 11.6. The molecule has 0 aliphatic rings. The molecule has 0 aliphatic heterocycles. The number of aliphatic imine (C=N–C) groups is 1. The second-order valence-electron chi connectivity index (χ2n) is 4.79. The van der Waals surface area contributed by atoms with Gasteiger partial charge in [0, 0.05) is 38.3 Å². The Morgan fingerprint density at radius 3 is 2.65 bits per heavy atom. The number of nitrogens with one attached hydrogen (secondary N) is 2. The van der Waals surface area contributed by atoms with E-state index in [0.29, 0.717) is 32.0 Å². The highest BCUT2D eigenvalue weighted by Crippen LogP contribution is 2.10. The van der Waals surface area contributed by atoms with Gasteiger partial charge in [0.2, 0.25) is 10.0 Å². The third-order valence-corrected chi connectivity index (χ3v) is 5.86. The fraction of sp³-hybridized carbons (Fsp3) is 0.692. The second kappa shape index (κ2) is 11.2. The molecule has 134 valence electrons. The first kappa shape index (κ1) is 22.5. The topological polar surface area (TPSA) is 86.7 Å². The zero-order valence-corrected chi connectivity index (χ0v) is 18.0. The van der Waals surface area contributed by atoms with Gasteiger partial charge in [-0.2, -0.15) is 0 Å². The first-order valence-electron chi connectivity index (χ1n) is 7.19. The van der Waals surface area contributed by atoms with Crippen molar-refractivity contribution < 1.29 is 8.42 Å². The lowest BCUT2D eigenvalue weighted by Crippen LogP contribution is -2.38. The van der Waals surface area contributed by atoms with Gasteiger partial charge in [0.05, 0.1) is 12.3 Å². The molecule has 1 heterocycles. The highest BCUT2D eigenvalue weighted by Gasteiger charge is 2.13. The Morgan fingerprint density at radius 2 is 2.13 bits per heavy atom. The van der Waals surface area contributed by atoms with Crippen LogP contribution in [0.25, 0.3) is 0 Å². The summed E-state index contributed by atoms with van der Waals surface area (Å²) in [4.78, 5) is 9.59. The second-order valence-corrected chi connectivity index (χ2v) is 8.48. The van der Waals surface area contributed by atoms with E-state index in [-0.39, 0.29) is 29.7 Å². The van der Waals surface area contributed by atoms with Crippen LogP contribution in [0.1, 0.15) is 23.2 Å². The molecule has 0 fully saturated rings. The Labute approximate surface area is 160 Å². The highest BCUT2D eigenvalue weighted by atomic mass is 127. The SMILES string of the molecule is CCS(=O)(=O)N(C)CCCNC(=NC)NCc1ncc(C)s1.I. The number of nitrogens with zero attached hydrogens (tertiary/aromatic N) is 3. The van der Waals surface area contributed by atoms with Gasteiger partial charge < -0.3 is 10.6 Å². The Balaban J connectivity index is 0.00000484. The van der Waals surface area contributed by atoms with E-state index in [2.05, 4.69) is 20.6 Å². The van der Waals surface area contributed by atoms with Crippen molar-refractivity contribution in [1.82, 2.24) is 19.9 Å². The van der Waals surface area contributed by atoms with Crippen LogP contribution < -0.4 is 10.6 Å². The van der Waals surface area contributed by atoms with Gasteiger partial charge in [-0.15, -0.1) is 35.3 Å². The number of aryl methyl sites for hydroxylation is 1. The van der Waals surface area contributed by atoms with E-state index in [1.165, 1.54) is 9.18 Å². The van der Waals surface area contributed by atoms with Gasteiger partial charge in [-0.3, -0.25) is 4.99 Å². The number of guanidine groups is 1. The van der Waals surface area contributed by atoms with Crippen LogP contribution in [0.5, 0.6) is 0 Å². The minimum absolute atomic E-state index is 0. The Bertz CT molecular complexity index is 589. The van der Waals surface area contributed by atoms with Crippen LogP contribution in [0.15, 0.2) is 11.2 Å². The number of aromatic nitrogens is 1. The van der Waals surface area contributed by atoms with Crippen LogP contribution in [0.2, 0.25) is 0 Å². The zero-order chi connectivity index (χ0) is 16.6. The fourth-order valence-corrected chi connectivity index (χ4v) is 3.31. The van der Waals surface area contributed by atoms with E-state index >= 15 is 0 Å². The third-order valence-electron chi connectivity index (χ3n) is 3.08. The number of hydrogen-bond acceptors (Lipinski definition) is 5. The van der Waals surface area contributed by atoms with Gasteiger partial charge in [0.15, 0.2) is 5.96 Å². The van der Waals surface area contributed by atoms with Gasteiger partial charge in [0.1, 0.15) is 5.01 Å². The van der Waals surface area contributed by atoms with Crippen LogP contribution in [-0.4, -0.2) is 56.6 Å². The summed E-state index contributed by atoms with van der Waals surface area (Å²) >= 11 is 1.65. The van der Waals surface area contributed by atoms with E-state index < -0.39 is 10.0 Å². The summed E-state index contributed by atoms with van der Waals surface area (Å²) in [5.74, 6) is 0.821. The molecule has 0 unspecified atom stereocenters. The lowest BCUT2D eigenvalue weighted by molar-refractivity contribution is 0.461. The molecule has 0 spiro atoms. The average Bonchev–Trinajstić information content (AvgIpc) is 2.91. The molecule has 0 saturated carbocycles. The van der Waals surface area contributed by atoms with Crippen LogP contribution in [0, 0.1) is 6.92 Å². The minimum Gasteiger partial charge on any atom is -0.356 e. The van der Waals surface area contributed by atoms with Crippen molar-refractivity contribution in [1.29, 1.82) is 0 Å². The number of thiazole rings is 1. The quantitative estimate of drug-likeness (QED) is 0.257. The van der Waals surface area contributed by atoms with E-state index in [1.54, 1.807) is 32.4 Å². The summed E-state index contributed by atoms with van der Waals surface area (Å²) < 4.78 is 24.6. The summed E-state index contributed by atoms with van der Waals surface area (Å²) in [6.07, 6.45) is 2.56. The molecule has 10 heteroatoms. The Morgan fingerprint density at radius 1 is 1.43 bits per heavy atom. The molecular formula is C13H26IN5O2S2. The fourth-order valence-electron chi connectivity index (χ4n) is 1.73. The van der Waals surface area contributed by atoms with E-state index in [0.717, 1.165) is 5.01 Å². The molecule has 1 aromatic rings. The predicted molar refractivity (Wildman–Crippen MR) is 107 cm³/mol. The average molecular weight is 475 g/mol. The maximum absolute atomic E-state index is 11.6. The number of rotatable bonds is 8. The van der Waals surface area contributed by atoms with Gasteiger partial charge >= 0.3 is 0 Å². The molecule has 1 aromatic heterocycles. The molecule has 0 saturated heterocycles. The van der Waals surface area contributed by atoms with Gasteiger partial charge in [-0.1, -0.05) is 0 Å². The first-order chi connectivity index (χ1) is 10.4. The van der Waals surface area contributed by atoms with E-state index in [4.69, 9.17) is 0 Å². The monoisotopic (exact) mass is 475 g/mol. The molecular weight excluding hydrogens is 449 g/mol. The van der Waals surface area contributed by atoms with Gasteiger partial charge in [-0.05, 0) is 20.3 Å². The van der Waals surface area contributed by atoms with E-state index in [1.807, 2.05) is 13.1 Å². The lowest BCUT2D eigenvalue weighted by Gasteiger charge is -2.16. The molecule has 1 rings (SSSR count). The molecule has 0 atom stereocenters. The lowest BCUT2D eigenvalue weighted by atomic mass is 10.4. The molecule has 0 aromatic carbocycles. The van der Waals surface area contributed by atoms with Crippen molar-refractivity contribution in [2.75, 3.05) is 32.9 Å². The Kier molecular flexibility index (Phi) is 10.9. The van der Waals surface area contributed by atoms with Crippen LogP contribution in [0.3, 0.4) is 0 Å². The standard InChI is InChI=1S/C13H25N5O2S2.HI/c1-5-22(19,20)18(4)8-6-7-15-13(14-3)17-10-12-16-9-11(2)21-12;/h9H,5-8,10H2,1-4H3,(H2,14,15,17);1H. The molecule has 7 nitrogen and oxygen atoms in total. The highest BCUT2D eigenvalue weighted by molar-refractivity contribution is 14.0. The van der Waals surface area contributed by atoms with Gasteiger partial charge in [-0.25, -0.2) is 17.7 Å². The predicted octanol–water partition coefficient (Wildman–Crippen LogP) is 1.41. The molecule has 0 amide bonds. The van der Waals surface area contributed by atoms with Crippen molar-refractivity contribution in [2.45, 2.75) is 26.8 Å². The van der Waals surface area contributed by atoms with Gasteiger partial charge in [0.25, 0.3) is 0 Å². The van der Waals surface area contributed by atoms with Crippen molar-refractivity contribution in [3.63, 3.8) is 0 Å². The zero-order valence-electron chi connectivity index (χ0n) is 14.0. The maximum Gasteiger partial charge on any atom is 0.213 e. The van der Waals surface area contributed by atoms with Crippen LogP contribution >= 0.6 is 35.3 Å². The van der Waals surface area contributed by atoms with Crippen LogP contribution in [-0.2, 0) is 16.6 Å².